The molecule has 132 valence electrons. The van der Waals surface area contributed by atoms with Crippen LogP contribution in [0.2, 0.25) is 5.02 Å². The van der Waals surface area contributed by atoms with Gasteiger partial charge in [0.1, 0.15) is 11.3 Å². The number of nitrogens with one attached hydrogen (secondary N) is 1. The number of rotatable bonds is 4. The second-order valence-electron chi connectivity index (χ2n) is 6.00. The number of carbonyl (C=O) groups is 2. The Hall–Kier alpha value is -2.34. The molecule has 0 saturated carbocycles. The molecule has 1 saturated heterocycles. The van der Waals surface area contributed by atoms with Crippen molar-refractivity contribution in [3.05, 3.63) is 35.5 Å². The average molecular weight is 362 g/mol. The van der Waals surface area contributed by atoms with Crippen molar-refractivity contribution in [3.8, 4) is 5.75 Å². The molecule has 1 aromatic heterocycles. The number of ether oxygens (including phenoxy) is 1. The Morgan fingerprint density at radius 2 is 2.08 bits per heavy atom. The van der Waals surface area contributed by atoms with Crippen molar-refractivity contribution >= 4 is 34.3 Å². The van der Waals surface area contributed by atoms with E-state index in [9.17, 15) is 9.59 Å². The third-order valence-electron chi connectivity index (χ3n) is 4.50. The van der Waals surface area contributed by atoms with Gasteiger partial charge in [0, 0.05) is 37.6 Å². The van der Waals surface area contributed by atoms with E-state index in [4.69, 9.17) is 16.3 Å². The highest BCUT2D eigenvalue weighted by atomic mass is 35.5. The van der Waals surface area contributed by atoms with Crippen molar-refractivity contribution in [2.75, 3.05) is 26.7 Å². The third kappa shape index (κ3) is 3.85. The van der Waals surface area contributed by atoms with E-state index in [0.717, 1.165) is 5.39 Å². The first kappa shape index (κ1) is 17.5. The normalized spacial score (nSPS) is 15.2. The minimum Gasteiger partial charge on any atom is -0.481 e. The number of aromatic nitrogens is 1. The molecule has 7 heteroatoms. The molecular formula is C18H20ClN3O3. The van der Waals surface area contributed by atoms with Crippen LogP contribution in [0.25, 0.3) is 10.9 Å². The van der Waals surface area contributed by atoms with Gasteiger partial charge in [-0.1, -0.05) is 11.6 Å². The molecule has 1 aliphatic rings. The summed E-state index contributed by atoms with van der Waals surface area (Å²) in [4.78, 5) is 30.1. The minimum atomic E-state index is -0.0885. The number of piperidine rings is 1. The Labute approximate surface area is 151 Å². The summed E-state index contributed by atoms with van der Waals surface area (Å²) < 4.78 is 5.69. The summed E-state index contributed by atoms with van der Waals surface area (Å²) in [5.74, 6) is 0.476. The van der Waals surface area contributed by atoms with Crippen LogP contribution in [0, 0.1) is 5.92 Å². The maximum absolute atomic E-state index is 12.4. The number of halogens is 1. The molecule has 25 heavy (non-hydrogen) atoms. The van der Waals surface area contributed by atoms with Gasteiger partial charge in [0.05, 0.1) is 5.02 Å². The second kappa shape index (κ2) is 7.70. The molecule has 2 heterocycles. The van der Waals surface area contributed by atoms with E-state index < -0.39 is 0 Å². The van der Waals surface area contributed by atoms with Crippen molar-refractivity contribution in [1.82, 2.24) is 15.2 Å². The van der Waals surface area contributed by atoms with Crippen molar-refractivity contribution < 1.29 is 14.3 Å². The van der Waals surface area contributed by atoms with Gasteiger partial charge in [-0.3, -0.25) is 14.6 Å². The van der Waals surface area contributed by atoms with Crippen LogP contribution in [-0.2, 0) is 9.59 Å². The molecule has 1 fully saturated rings. The van der Waals surface area contributed by atoms with Gasteiger partial charge in [-0.05, 0) is 37.1 Å². The topological polar surface area (TPSA) is 71.5 Å². The molecule has 0 spiro atoms. The number of pyridine rings is 1. The zero-order valence-corrected chi connectivity index (χ0v) is 14.8. The van der Waals surface area contributed by atoms with E-state index in [1.165, 1.54) is 0 Å². The molecule has 1 aliphatic heterocycles. The Balaban J connectivity index is 1.60. The van der Waals surface area contributed by atoms with Gasteiger partial charge in [0.25, 0.3) is 5.91 Å². The van der Waals surface area contributed by atoms with Gasteiger partial charge in [0.15, 0.2) is 6.61 Å². The Morgan fingerprint density at radius 1 is 1.32 bits per heavy atom. The van der Waals surface area contributed by atoms with Crippen molar-refractivity contribution in [2.24, 2.45) is 5.92 Å². The monoisotopic (exact) mass is 361 g/mol. The van der Waals surface area contributed by atoms with E-state index >= 15 is 0 Å². The molecule has 1 aromatic carbocycles. The van der Waals surface area contributed by atoms with Crippen LogP contribution in [0.15, 0.2) is 30.5 Å². The van der Waals surface area contributed by atoms with Crippen molar-refractivity contribution in [3.63, 3.8) is 0 Å². The summed E-state index contributed by atoms with van der Waals surface area (Å²) >= 11 is 6.16. The molecule has 0 atom stereocenters. The molecule has 1 N–H and O–H groups in total. The predicted molar refractivity (Wildman–Crippen MR) is 95.6 cm³/mol. The lowest BCUT2D eigenvalue weighted by molar-refractivity contribution is -0.137. The first-order valence-electron chi connectivity index (χ1n) is 8.25. The SMILES string of the molecule is CNC(=O)C1CCN(C(=O)COc2ccc(Cl)c3cccnc23)CC1. The molecular weight excluding hydrogens is 342 g/mol. The first-order chi connectivity index (χ1) is 12.1. The van der Waals surface area contributed by atoms with Gasteiger partial charge in [0.2, 0.25) is 5.91 Å². The fourth-order valence-electron chi connectivity index (χ4n) is 3.05. The summed E-state index contributed by atoms with van der Waals surface area (Å²) in [6.45, 7) is 1.08. The fraction of sp³-hybridized carbons (Fsp3) is 0.389. The minimum absolute atomic E-state index is 0.0145. The summed E-state index contributed by atoms with van der Waals surface area (Å²) in [7, 11) is 1.64. The number of carbonyl (C=O) groups excluding carboxylic acids is 2. The number of fused-ring (bicyclic) bond motifs is 1. The van der Waals surface area contributed by atoms with Crippen LogP contribution in [-0.4, -0.2) is 48.4 Å². The summed E-state index contributed by atoms with van der Waals surface area (Å²) in [6, 6.07) is 7.13. The predicted octanol–water partition coefficient (Wildman–Crippen LogP) is 2.25. The lowest BCUT2D eigenvalue weighted by atomic mass is 9.96. The van der Waals surface area contributed by atoms with Crippen molar-refractivity contribution in [2.45, 2.75) is 12.8 Å². The van der Waals surface area contributed by atoms with Crippen LogP contribution in [0.3, 0.4) is 0 Å². The Bertz CT molecular complexity index is 788. The zero-order chi connectivity index (χ0) is 17.8. The Morgan fingerprint density at radius 3 is 2.80 bits per heavy atom. The van der Waals surface area contributed by atoms with Crippen LogP contribution >= 0.6 is 11.6 Å². The van der Waals surface area contributed by atoms with Gasteiger partial charge >= 0.3 is 0 Å². The van der Waals surface area contributed by atoms with Gasteiger partial charge < -0.3 is 15.0 Å². The number of likely N-dealkylation sites (tertiary alicyclic amines) is 1. The fourth-order valence-corrected chi connectivity index (χ4v) is 3.27. The van der Waals surface area contributed by atoms with E-state index in [-0.39, 0.29) is 24.3 Å². The summed E-state index contributed by atoms with van der Waals surface area (Å²) in [5, 5.41) is 4.05. The molecule has 6 nitrogen and oxygen atoms in total. The van der Waals surface area contributed by atoms with Crippen LogP contribution < -0.4 is 10.1 Å². The number of hydrogen-bond acceptors (Lipinski definition) is 4. The lowest BCUT2D eigenvalue weighted by Gasteiger charge is -2.31. The van der Waals surface area contributed by atoms with Crippen LogP contribution in [0.5, 0.6) is 5.75 Å². The largest absolute Gasteiger partial charge is 0.481 e. The van der Waals surface area contributed by atoms with Crippen molar-refractivity contribution in [1.29, 1.82) is 0 Å². The maximum Gasteiger partial charge on any atom is 0.260 e. The van der Waals surface area contributed by atoms with E-state index in [1.54, 1.807) is 36.3 Å². The van der Waals surface area contributed by atoms with Gasteiger partial charge in [-0.25, -0.2) is 0 Å². The van der Waals surface area contributed by atoms with E-state index in [1.807, 2.05) is 6.07 Å². The molecule has 0 radical (unpaired) electrons. The summed E-state index contributed by atoms with van der Waals surface area (Å²) in [5.41, 5.74) is 0.640. The standard InChI is InChI=1S/C18H20ClN3O3/c1-20-18(24)12-6-9-22(10-7-12)16(23)11-25-15-5-4-14(19)13-3-2-8-21-17(13)15/h2-5,8,12H,6-7,9-11H2,1H3,(H,20,24). The molecule has 0 unspecified atom stereocenters. The number of amides is 2. The maximum atomic E-state index is 12.4. The quantitative estimate of drug-likeness (QED) is 0.906. The number of nitrogens with zero attached hydrogens (tertiary/aromatic N) is 2. The van der Waals surface area contributed by atoms with Gasteiger partial charge in [-0.15, -0.1) is 0 Å². The Kier molecular flexibility index (Phi) is 5.38. The molecule has 2 aromatic rings. The highest BCUT2D eigenvalue weighted by Gasteiger charge is 2.26. The summed E-state index contributed by atoms with van der Waals surface area (Å²) in [6.07, 6.45) is 3.02. The number of hydrogen-bond donors (Lipinski definition) is 1. The zero-order valence-electron chi connectivity index (χ0n) is 14.0. The first-order valence-corrected chi connectivity index (χ1v) is 8.63. The smallest absolute Gasteiger partial charge is 0.260 e. The highest BCUT2D eigenvalue weighted by Crippen LogP contribution is 2.29. The molecule has 0 aliphatic carbocycles. The highest BCUT2D eigenvalue weighted by molar-refractivity contribution is 6.35. The van der Waals surface area contributed by atoms with Crippen LogP contribution in [0.4, 0.5) is 0 Å². The van der Waals surface area contributed by atoms with E-state index in [2.05, 4.69) is 10.3 Å². The third-order valence-corrected chi connectivity index (χ3v) is 4.83. The molecule has 2 amide bonds. The van der Waals surface area contributed by atoms with Gasteiger partial charge in [-0.2, -0.15) is 0 Å². The molecule has 0 bridgehead atoms. The second-order valence-corrected chi connectivity index (χ2v) is 6.41. The molecule has 3 rings (SSSR count). The average Bonchev–Trinajstić information content (AvgIpc) is 2.67. The van der Waals surface area contributed by atoms with Crippen LogP contribution in [0.1, 0.15) is 12.8 Å². The lowest BCUT2D eigenvalue weighted by Crippen LogP contribution is -2.44. The van der Waals surface area contributed by atoms with E-state index in [0.29, 0.717) is 42.2 Å². The number of benzene rings is 1.